The first kappa shape index (κ1) is 14.8. The molecule has 110 valence electrons. The van der Waals surface area contributed by atoms with Gasteiger partial charge in [-0.15, -0.1) is 0 Å². The first-order valence-corrected chi connectivity index (χ1v) is 7.50. The molecule has 0 aromatic rings. The Labute approximate surface area is 115 Å². The Morgan fingerprint density at radius 1 is 1.37 bits per heavy atom. The predicted molar refractivity (Wildman–Crippen MR) is 73.1 cm³/mol. The second kappa shape index (κ2) is 7.82. The van der Waals surface area contributed by atoms with Crippen molar-refractivity contribution < 1.29 is 14.3 Å². The van der Waals surface area contributed by atoms with Crippen LogP contribution in [0.5, 0.6) is 0 Å². The van der Waals surface area contributed by atoms with Gasteiger partial charge in [0.15, 0.2) is 0 Å². The zero-order valence-electron chi connectivity index (χ0n) is 11.9. The van der Waals surface area contributed by atoms with E-state index < -0.39 is 0 Å². The summed E-state index contributed by atoms with van der Waals surface area (Å²) in [6.07, 6.45) is 5.00. The molecular weight excluding hydrogens is 244 g/mol. The molecule has 0 radical (unpaired) electrons. The average Bonchev–Trinajstić information content (AvgIpc) is 2.91. The van der Waals surface area contributed by atoms with Crippen LogP contribution < -0.4 is 5.32 Å². The van der Waals surface area contributed by atoms with Gasteiger partial charge >= 0.3 is 0 Å². The summed E-state index contributed by atoms with van der Waals surface area (Å²) in [4.78, 5) is 13.7. The molecule has 5 heteroatoms. The molecule has 0 spiro atoms. The minimum Gasteiger partial charge on any atom is -0.376 e. The lowest BCUT2D eigenvalue weighted by atomic mass is 10.1. The molecule has 0 unspecified atom stereocenters. The SMILES string of the molecule is CCNC(=O)CN1CCC(OC[C@@H]2CCCO2)CC1. The maximum atomic E-state index is 11.5. The van der Waals surface area contributed by atoms with Gasteiger partial charge in [-0.05, 0) is 32.6 Å². The molecule has 0 bridgehead atoms. The summed E-state index contributed by atoms with van der Waals surface area (Å²) in [5, 5.41) is 2.84. The Morgan fingerprint density at radius 2 is 2.16 bits per heavy atom. The van der Waals surface area contributed by atoms with Gasteiger partial charge < -0.3 is 14.8 Å². The van der Waals surface area contributed by atoms with E-state index in [2.05, 4.69) is 10.2 Å². The van der Waals surface area contributed by atoms with Crippen LogP contribution in [0.15, 0.2) is 0 Å². The van der Waals surface area contributed by atoms with Crippen molar-refractivity contribution in [2.24, 2.45) is 0 Å². The molecular formula is C14H26N2O3. The number of ether oxygens (including phenoxy) is 2. The molecule has 0 aromatic carbocycles. The molecule has 19 heavy (non-hydrogen) atoms. The summed E-state index contributed by atoms with van der Waals surface area (Å²) in [5.74, 6) is 0.126. The van der Waals surface area contributed by atoms with Gasteiger partial charge in [0.25, 0.3) is 0 Å². The third-order valence-corrected chi connectivity index (χ3v) is 3.82. The second-order valence-corrected chi connectivity index (χ2v) is 5.40. The quantitative estimate of drug-likeness (QED) is 0.775. The summed E-state index contributed by atoms with van der Waals surface area (Å²) >= 11 is 0. The van der Waals surface area contributed by atoms with Crippen LogP contribution in [-0.2, 0) is 14.3 Å². The maximum Gasteiger partial charge on any atom is 0.234 e. The first-order chi connectivity index (χ1) is 9.28. The van der Waals surface area contributed by atoms with Crippen LogP contribution in [0.2, 0.25) is 0 Å². The number of carbonyl (C=O) groups excluding carboxylic acids is 1. The normalized spacial score (nSPS) is 25.6. The van der Waals surface area contributed by atoms with Crippen molar-refractivity contribution in [1.82, 2.24) is 10.2 Å². The van der Waals surface area contributed by atoms with Gasteiger partial charge in [0, 0.05) is 26.2 Å². The van der Waals surface area contributed by atoms with Gasteiger partial charge in [-0.25, -0.2) is 0 Å². The Bertz CT molecular complexity index is 272. The van der Waals surface area contributed by atoms with Crippen molar-refractivity contribution in [1.29, 1.82) is 0 Å². The number of likely N-dealkylation sites (tertiary alicyclic amines) is 1. The fourth-order valence-electron chi connectivity index (χ4n) is 2.71. The number of amides is 1. The molecule has 2 aliphatic heterocycles. The standard InChI is InChI=1S/C14H26N2O3/c1-2-15-14(17)10-16-7-5-12(6-8-16)19-11-13-4-3-9-18-13/h12-13H,2-11H2,1H3,(H,15,17)/t13-/m0/s1. The maximum absolute atomic E-state index is 11.5. The summed E-state index contributed by atoms with van der Waals surface area (Å²) in [6.45, 7) is 6.70. The van der Waals surface area contributed by atoms with E-state index in [-0.39, 0.29) is 5.91 Å². The third kappa shape index (κ3) is 5.09. The number of nitrogens with one attached hydrogen (secondary N) is 1. The monoisotopic (exact) mass is 270 g/mol. The predicted octanol–water partition coefficient (Wildman–Crippen LogP) is 0.783. The fraction of sp³-hybridized carbons (Fsp3) is 0.929. The molecule has 2 rings (SSSR count). The second-order valence-electron chi connectivity index (χ2n) is 5.40. The minimum absolute atomic E-state index is 0.126. The number of hydrogen-bond donors (Lipinski definition) is 1. The molecule has 1 N–H and O–H groups in total. The third-order valence-electron chi connectivity index (χ3n) is 3.82. The Balaban J connectivity index is 1.58. The van der Waals surface area contributed by atoms with Gasteiger partial charge in [0.1, 0.15) is 0 Å². The number of carbonyl (C=O) groups is 1. The van der Waals surface area contributed by atoms with Crippen LogP contribution in [0.25, 0.3) is 0 Å². The summed E-state index contributed by atoms with van der Waals surface area (Å²) in [7, 11) is 0. The van der Waals surface area contributed by atoms with Crippen molar-refractivity contribution in [3.63, 3.8) is 0 Å². The fourth-order valence-corrected chi connectivity index (χ4v) is 2.71. The highest BCUT2D eigenvalue weighted by Crippen LogP contribution is 2.17. The average molecular weight is 270 g/mol. The van der Waals surface area contributed by atoms with Gasteiger partial charge in [-0.3, -0.25) is 9.69 Å². The molecule has 1 amide bonds. The Kier molecular flexibility index (Phi) is 6.07. The Hall–Kier alpha value is -0.650. The number of rotatable bonds is 6. The van der Waals surface area contributed by atoms with Crippen molar-refractivity contribution in [3.8, 4) is 0 Å². The van der Waals surface area contributed by atoms with Gasteiger partial charge in [-0.2, -0.15) is 0 Å². The van der Waals surface area contributed by atoms with E-state index >= 15 is 0 Å². The van der Waals surface area contributed by atoms with E-state index in [9.17, 15) is 4.79 Å². The lowest BCUT2D eigenvalue weighted by Gasteiger charge is -2.31. The molecule has 2 fully saturated rings. The van der Waals surface area contributed by atoms with E-state index in [1.165, 1.54) is 6.42 Å². The van der Waals surface area contributed by atoms with Gasteiger partial charge in [0.05, 0.1) is 25.4 Å². The topological polar surface area (TPSA) is 50.8 Å². The smallest absolute Gasteiger partial charge is 0.234 e. The summed E-state index contributed by atoms with van der Waals surface area (Å²) in [5.41, 5.74) is 0. The number of hydrogen-bond acceptors (Lipinski definition) is 4. The number of nitrogens with zero attached hydrogens (tertiary/aromatic N) is 1. The van der Waals surface area contributed by atoms with Crippen LogP contribution in [0.4, 0.5) is 0 Å². The van der Waals surface area contributed by atoms with E-state index in [1.807, 2.05) is 6.92 Å². The summed E-state index contributed by atoms with van der Waals surface area (Å²) in [6, 6.07) is 0. The molecule has 0 aromatic heterocycles. The first-order valence-electron chi connectivity index (χ1n) is 7.50. The zero-order valence-corrected chi connectivity index (χ0v) is 11.9. The largest absolute Gasteiger partial charge is 0.376 e. The van der Waals surface area contributed by atoms with E-state index in [0.29, 0.717) is 25.3 Å². The van der Waals surface area contributed by atoms with Crippen molar-refractivity contribution in [2.45, 2.75) is 44.8 Å². The van der Waals surface area contributed by atoms with E-state index in [0.717, 1.165) is 45.6 Å². The molecule has 1 atom stereocenters. The summed E-state index contributed by atoms with van der Waals surface area (Å²) < 4.78 is 11.5. The molecule has 2 aliphatic rings. The molecule has 0 saturated carbocycles. The number of piperidine rings is 1. The van der Waals surface area contributed by atoms with Crippen molar-refractivity contribution in [2.75, 3.05) is 39.4 Å². The molecule has 5 nitrogen and oxygen atoms in total. The van der Waals surface area contributed by atoms with Crippen molar-refractivity contribution >= 4 is 5.91 Å². The molecule has 0 aliphatic carbocycles. The zero-order chi connectivity index (χ0) is 13.5. The van der Waals surface area contributed by atoms with Crippen LogP contribution in [0.3, 0.4) is 0 Å². The van der Waals surface area contributed by atoms with Crippen molar-refractivity contribution in [3.05, 3.63) is 0 Å². The highest BCUT2D eigenvalue weighted by Gasteiger charge is 2.23. The highest BCUT2D eigenvalue weighted by atomic mass is 16.5. The molecule has 2 heterocycles. The van der Waals surface area contributed by atoms with Crippen LogP contribution in [0.1, 0.15) is 32.6 Å². The molecule has 2 saturated heterocycles. The lowest BCUT2D eigenvalue weighted by molar-refractivity contribution is -0.123. The highest BCUT2D eigenvalue weighted by molar-refractivity contribution is 5.77. The van der Waals surface area contributed by atoms with E-state index in [4.69, 9.17) is 9.47 Å². The number of likely N-dealkylation sites (N-methyl/N-ethyl adjacent to an activating group) is 1. The van der Waals surface area contributed by atoms with Crippen LogP contribution in [-0.4, -0.2) is 62.4 Å². The van der Waals surface area contributed by atoms with Crippen LogP contribution in [0, 0.1) is 0 Å². The Morgan fingerprint density at radius 3 is 2.79 bits per heavy atom. The van der Waals surface area contributed by atoms with E-state index in [1.54, 1.807) is 0 Å². The van der Waals surface area contributed by atoms with Crippen LogP contribution >= 0.6 is 0 Å². The van der Waals surface area contributed by atoms with Gasteiger partial charge in [-0.1, -0.05) is 0 Å². The lowest BCUT2D eigenvalue weighted by Crippen LogP contribution is -2.43. The minimum atomic E-state index is 0.126. The van der Waals surface area contributed by atoms with Gasteiger partial charge in [0.2, 0.25) is 5.91 Å².